The predicted molar refractivity (Wildman–Crippen MR) is 114 cm³/mol. The van der Waals surface area contributed by atoms with Gasteiger partial charge in [-0.2, -0.15) is 0 Å². The molecule has 1 atom stereocenters. The Morgan fingerprint density at radius 3 is 2.53 bits per heavy atom. The van der Waals surface area contributed by atoms with Gasteiger partial charge in [0.2, 0.25) is 0 Å². The molecule has 1 aromatic carbocycles. The lowest BCUT2D eigenvalue weighted by Gasteiger charge is -2.25. The van der Waals surface area contributed by atoms with Gasteiger partial charge in [-0.25, -0.2) is 17.8 Å². The van der Waals surface area contributed by atoms with Gasteiger partial charge < -0.3 is 11.1 Å². The van der Waals surface area contributed by atoms with E-state index in [-0.39, 0.29) is 11.3 Å². The predicted octanol–water partition coefficient (Wildman–Crippen LogP) is 2.72. The number of nitrogens with one attached hydrogen (secondary N) is 2. The first-order valence-corrected chi connectivity index (χ1v) is 10.9. The number of aromatic nitrogens is 2. The molecule has 1 aromatic heterocycles. The second-order valence-electron chi connectivity index (χ2n) is 7.74. The molecule has 0 aliphatic rings. The lowest BCUT2D eigenvalue weighted by atomic mass is 10.0. The maximum Gasteiger partial charge on any atom is 0.276 e. The van der Waals surface area contributed by atoms with E-state index in [0.717, 1.165) is 6.07 Å². The van der Waals surface area contributed by atoms with Crippen molar-refractivity contribution >= 4 is 27.3 Å². The smallest absolute Gasteiger partial charge is 0.276 e. The molecular weight excluding hydrogens is 409 g/mol. The van der Waals surface area contributed by atoms with E-state index in [2.05, 4.69) is 15.3 Å². The number of aryl methyl sites for hydroxylation is 2. The quantitative estimate of drug-likeness (QED) is 0.451. The van der Waals surface area contributed by atoms with Crippen LogP contribution in [0.5, 0.6) is 0 Å². The van der Waals surface area contributed by atoms with Gasteiger partial charge in [0.1, 0.15) is 22.1 Å². The molecule has 0 bridgehead atoms. The summed E-state index contributed by atoms with van der Waals surface area (Å²) in [5, 5.41) is 10.2. The highest BCUT2D eigenvalue weighted by Gasteiger charge is 2.38. The molecule has 0 radical (unpaired) electrons. The number of nitrogens with zero attached hydrogens (tertiary/aromatic N) is 2. The van der Waals surface area contributed by atoms with Gasteiger partial charge in [-0.3, -0.25) is 15.2 Å². The normalized spacial score (nSPS) is 13.0. The molecule has 4 N–H and O–H groups in total. The minimum Gasteiger partial charge on any atom is -0.386 e. The molecule has 30 heavy (non-hydrogen) atoms. The Bertz CT molecular complexity index is 1100. The number of anilines is 1. The molecule has 0 saturated heterocycles. The van der Waals surface area contributed by atoms with E-state index in [1.807, 2.05) is 0 Å². The molecule has 0 aliphatic heterocycles. The van der Waals surface area contributed by atoms with Gasteiger partial charge in [0.05, 0.1) is 17.1 Å². The Labute approximate surface area is 175 Å². The van der Waals surface area contributed by atoms with Crippen LogP contribution < -0.4 is 11.1 Å². The third-order valence-corrected chi connectivity index (χ3v) is 7.68. The molecule has 1 heterocycles. The molecule has 1 amide bonds. The molecule has 0 spiro atoms. The Morgan fingerprint density at radius 2 is 1.97 bits per heavy atom. The summed E-state index contributed by atoms with van der Waals surface area (Å²) in [5.74, 6) is -2.72. The van der Waals surface area contributed by atoms with Crippen LogP contribution in [0.1, 0.15) is 54.1 Å². The van der Waals surface area contributed by atoms with Crippen molar-refractivity contribution < 1.29 is 17.6 Å². The van der Waals surface area contributed by atoms with Crippen molar-refractivity contribution in [2.75, 3.05) is 11.1 Å². The van der Waals surface area contributed by atoms with E-state index in [0.29, 0.717) is 17.1 Å². The summed E-state index contributed by atoms with van der Waals surface area (Å²) in [6.07, 6.45) is 1.47. The van der Waals surface area contributed by atoms with E-state index < -0.39 is 43.8 Å². The number of sulfone groups is 1. The van der Waals surface area contributed by atoms with Crippen LogP contribution in [0.15, 0.2) is 24.4 Å². The van der Waals surface area contributed by atoms with E-state index in [1.165, 1.54) is 32.2 Å². The Morgan fingerprint density at radius 1 is 1.33 bits per heavy atom. The molecule has 2 rings (SSSR count). The van der Waals surface area contributed by atoms with Gasteiger partial charge in [0, 0.05) is 11.9 Å². The van der Waals surface area contributed by atoms with Crippen molar-refractivity contribution in [2.45, 2.75) is 45.3 Å². The molecule has 0 saturated carbocycles. The number of halogens is 1. The number of hydrogen-bond donors (Lipinski definition) is 3. The fraction of sp³-hybridized carbons (Fsp3) is 0.400. The van der Waals surface area contributed by atoms with E-state index in [4.69, 9.17) is 11.1 Å². The number of hydrogen-bond acceptors (Lipinski definition) is 6. The highest BCUT2D eigenvalue weighted by molar-refractivity contribution is 7.93. The third-order valence-electron chi connectivity index (χ3n) is 4.96. The summed E-state index contributed by atoms with van der Waals surface area (Å²) < 4.78 is 38.2. The fourth-order valence-corrected chi connectivity index (χ4v) is 4.39. The molecule has 1 unspecified atom stereocenters. The summed E-state index contributed by atoms with van der Waals surface area (Å²) in [5.41, 5.74) is 7.13. The highest BCUT2D eigenvalue weighted by Crippen LogP contribution is 2.28. The largest absolute Gasteiger partial charge is 0.386 e. The number of rotatable bonds is 7. The molecule has 0 aliphatic carbocycles. The Hall–Kier alpha value is -2.88. The van der Waals surface area contributed by atoms with Crippen LogP contribution in [-0.2, 0) is 9.84 Å². The van der Waals surface area contributed by atoms with Crippen LogP contribution in [0.3, 0.4) is 0 Å². The Kier molecular flexibility index (Phi) is 6.60. The first-order chi connectivity index (χ1) is 13.8. The number of carbonyl (C=O) groups is 1. The average Bonchev–Trinajstić information content (AvgIpc) is 2.62. The monoisotopic (exact) mass is 435 g/mol. The SMILES string of the molecule is Cc1cnc(C(=O)Nc2ccc(F)c(C(C)CS(=O)(=O)C(C)(C)C(=N)N)c2)c(C)n1. The van der Waals surface area contributed by atoms with Crippen molar-refractivity contribution in [1.82, 2.24) is 9.97 Å². The summed E-state index contributed by atoms with van der Waals surface area (Å²) in [6.45, 7) is 7.67. The van der Waals surface area contributed by atoms with Crippen LogP contribution in [0.4, 0.5) is 10.1 Å². The Balaban J connectivity index is 2.28. The van der Waals surface area contributed by atoms with Gasteiger partial charge in [0.15, 0.2) is 9.84 Å². The molecule has 10 heteroatoms. The molecule has 2 aromatic rings. The van der Waals surface area contributed by atoms with Crippen molar-refractivity contribution in [3.63, 3.8) is 0 Å². The van der Waals surface area contributed by atoms with Gasteiger partial charge in [-0.1, -0.05) is 6.92 Å². The third kappa shape index (κ3) is 4.81. The number of carbonyl (C=O) groups excluding carboxylic acids is 1. The second kappa shape index (κ2) is 8.47. The van der Waals surface area contributed by atoms with Gasteiger partial charge in [-0.05, 0) is 57.4 Å². The van der Waals surface area contributed by atoms with Crippen LogP contribution in [-0.4, -0.2) is 40.6 Å². The van der Waals surface area contributed by atoms with Crippen molar-refractivity contribution in [3.05, 3.63) is 52.9 Å². The topological polar surface area (TPSA) is 139 Å². The van der Waals surface area contributed by atoms with Gasteiger partial charge in [0.25, 0.3) is 5.91 Å². The maximum atomic E-state index is 14.4. The van der Waals surface area contributed by atoms with Crippen molar-refractivity contribution in [3.8, 4) is 0 Å². The number of amidine groups is 1. The standard InChI is InChI=1S/C20H26FN5O3S/c1-11(10-30(28,29)20(4,5)19(22)23)15-8-14(6-7-16(15)21)26-18(27)17-13(3)25-12(2)9-24-17/h6-9,11H,10H2,1-5H3,(H3,22,23)(H,26,27). The zero-order valence-corrected chi connectivity index (χ0v) is 18.4. The highest BCUT2D eigenvalue weighted by atomic mass is 32.2. The summed E-state index contributed by atoms with van der Waals surface area (Å²) in [6, 6.07) is 3.94. The molecule has 8 nitrogen and oxygen atoms in total. The van der Waals surface area contributed by atoms with E-state index in [9.17, 15) is 17.6 Å². The van der Waals surface area contributed by atoms with Gasteiger partial charge >= 0.3 is 0 Å². The number of amides is 1. The molecular formula is C20H26FN5O3S. The molecule has 0 fully saturated rings. The van der Waals surface area contributed by atoms with Crippen molar-refractivity contribution in [2.24, 2.45) is 5.73 Å². The van der Waals surface area contributed by atoms with E-state index in [1.54, 1.807) is 20.8 Å². The minimum absolute atomic E-state index is 0.127. The minimum atomic E-state index is -3.83. The maximum absolute atomic E-state index is 14.4. The van der Waals surface area contributed by atoms with Gasteiger partial charge in [-0.15, -0.1) is 0 Å². The summed E-state index contributed by atoms with van der Waals surface area (Å²) in [4.78, 5) is 20.8. The lowest BCUT2D eigenvalue weighted by molar-refractivity contribution is 0.102. The fourth-order valence-electron chi connectivity index (χ4n) is 2.80. The molecule has 162 valence electrons. The first-order valence-electron chi connectivity index (χ1n) is 9.24. The number of benzene rings is 1. The lowest BCUT2D eigenvalue weighted by Crippen LogP contribution is -2.46. The van der Waals surface area contributed by atoms with Crippen LogP contribution in [0.25, 0.3) is 0 Å². The number of nitrogens with two attached hydrogens (primary N) is 1. The zero-order chi connectivity index (χ0) is 22.9. The van der Waals surface area contributed by atoms with Crippen LogP contribution in [0.2, 0.25) is 0 Å². The van der Waals surface area contributed by atoms with E-state index >= 15 is 0 Å². The second-order valence-corrected chi connectivity index (χ2v) is 10.3. The zero-order valence-electron chi connectivity index (χ0n) is 17.6. The first kappa shape index (κ1) is 23.4. The van der Waals surface area contributed by atoms with Crippen LogP contribution >= 0.6 is 0 Å². The van der Waals surface area contributed by atoms with Crippen LogP contribution in [0, 0.1) is 25.1 Å². The summed E-state index contributed by atoms with van der Waals surface area (Å²) in [7, 11) is -3.83. The van der Waals surface area contributed by atoms with Crippen molar-refractivity contribution in [1.29, 1.82) is 5.41 Å². The average molecular weight is 436 g/mol. The summed E-state index contributed by atoms with van der Waals surface area (Å²) >= 11 is 0.